The standard InChI is InChI=1S/C6H5ClNO2P/c7-6-3-1-2-5(8-6)4-10-11-9/h1-3H,4H2. The third-order valence-corrected chi connectivity index (χ3v) is 1.48. The minimum Gasteiger partial charge on any atom is -0.288 e. The van der Waals surface area contributed by atoms with Gasteiger partial charge in [-0.2, -0.15) is 0 Å². The fraction of sp³-hybridized carbons (Fsp3) is 0.167. The van der Waals surface area contributed by atoms with Crippen LogP contribution in [0.15, 0.2) is 18.2 Å². The molecule has 0 aliphatic rings. The van der Waals surface area contributed by atoms with Gasteiger partial charge in [0.25, 0.3) is 0 Å². The molecule has 1 aromatic rings. The predicted octanol–water partition coefficient (Wildman–Crippen LogP) is 2.46. The lowest BCUT2D eigenvalue weighted by Crippen LogP contribution is -1.88. The van der Waals surface area contributed by atoms with Gasteiger partial charge in [0, 0.05) is 0 Å². The van der Waals surface area contributed by atoms with Crippen molar-refractivity contribution in [2.75, 3.05) is 0 Å². The predicted molar refractivity (Wildman–Crippen MR) is 41.6 cm³/mol. The average Bonchev–Trinajstić information content (AvgIpc) is 2.01. The van der Waals surface area contributed by atoms with Crippen LogP contribution in [0.1, 0.15) is 5.69 Å². The minimum atomic E-state index is -0.342. The molecule has 0 saturated carbocycles. The first kappa shape index (κ1) is 8.60. The molecule has 0 saturated heterocycles. The van der Waals surface area contributed by atoms with Gasteiger partial charge in [-0.3, -0.25) is 4.52 Å². The molecule has 0 N–H and O–H groups in total. The second-order valence-electron chi connectivity index (χ2n) is 1.80. The molecule has 1 aromatic heterocycles. The van der Waals surface area contributed by atoms with Crippen molar-refractivity contribution < 1.29 is 9.09 Å². The Morgan fingerprint density at radius 2 is 2.45 bits per heavy atom. The maximum Gasteiger partial charge on any atom is 0.327 e. The van der Waals surface area contributed by atoms with E-state index in [0.717, 1.165) is 0 Å². The van der Waals surface area contributed by atoms with Crippen molar-refractivity contribution in [3.05, 3.63) is 29.0 Å². The molecule has 1 heterocycles. The fourth-order valence-corrected chi connectivity index (χ4v) is 0.989. The van der Waals surface area contributed by atoms with E-state index in [1.165, 1.54) is 0 Å². The highest BCUT2D eigenvalue weighted by Crippen LogP contribution is 2.08. The van der Waals surface area contributed by atoms with Gasteiger partial charge in [-0.05, 0) is 12.1 Å². The molecule has 0 radical (unpaired) electrons. The molecule has 0 aliphatic heterocycles. The van der Waals surface area contributed by atoms with Crippen LogP contribution in [0.3, 0.4) is 0 Å². The third kappa shape index (κ3) is 2.93. The molecule has 0 aliphatic carbocycles. The zero-order valence-electron chi connectivity index (χ0n) is 5.53. The summed E-state index contributed by atoms with van der Waals surface area (Å²) in [6.45, 7) is 0.214. The van der Waals surface area contributed by atoms with Crippen LogP contribution in [0.25, 0.3) is 0 Å². The fourth-order valence-electron chi connectivity index (χ4n) is 0.623. The Balaban J connectivity index is 2.63. The molecule has 3 nitrogen and oxygen atoms in total. The second kappa shape index (κ2) is 4.39. The Kier molecular flexibility index (Phi) is 3.43. The number of hydrogen-bond acceptors (Lipinski definition) is 3. The molecular formula is C6H5ClNO2P. The van der Waals surface area contributed by atoms with E-state index in [9.17, 15) is 4.57 Å². The smallest absolute Gasteiger partial charge is 0.288 e. The van der Waals surface area contributed by atoms with Gasteiger partial charge in [-0.15, -0.1) is 0 Å². The Morgan fingerprint density at radius 3 is 3.09 bits per heavy atom. The van der Waals surface area contributed by atoms with Crippen molar-refractivity contribution in [1.29, 1.82) is 0 Å². The van der Waals surface area contributed by atoms with Crippen molar-refractivity contribution in [3.63, 3.8) is 0 Å². The molecule has 1 rings (SSSR count). The Bertz CT molecular complexity index is 256. The van der Waals surface area contributed by atoms with E-state index in [1.54, 1.807) is 18.2 Å². The summed E-state index contributed by atoms with van der Waals surface area (Å²) in [4.78, 5) is 3.91. The van der Waals surface area contributed by atoms with Crippen molar-refractivity contribution >= 4 is 20.3 Å². The highest BCUT2D eigenvalue weighted by molar-refractivity contribution is 7.17. The van der Waals surface area contributed by atoms with E-state index < -0.39 is 0 Å². The van der Waals surface area contributed by atoms with Crippen LogP contribution >= 0.6 is 20.3 Å². The van der Waals surface area contributed by atoms with E-state index in [1.807, 2.05) is 0 Å². The summed E-state index contributed by atoms with van der Waals surface area (Å²) in [5.41, 5.74) is 0.667. The normalized spacial score (nSPS) is 10.3. The lowest BCUT2D eigenvalue weighted by molar-refractivity contribution is 0.327. The van der Waals surface area contributed by atoms with Crippen LogP contribution in [0.4, 0.5) is 0 Å². The van der Waals surface area contributed by atoms with Gasteiger partial charge in [0.15, 0.2) is 0 Å². The first-order valence-electron chi connectivity index (χ1n) is 2.89. The van der Waals surface area contributed by atoms with E-state index in [4.69, 9.17) is 11.6 Å². The summed E-state index contributed by atoms with van der Waals surface area (Å²) < 4.78 is 14.4. The van der Waals surface area contributed by atoms with Gasteiger partial charge in [0.1, 0.15) is 11.8 Å². The molecule has 0 fully saturated rings. The van der Waals surface area contributed by atoms with E-state index >= 15 is 0 Å². The maximum absolute atomic E-state index is 9.88. The van der Waals surface area contributed by atoms with Gasteiger partial charge in [0.2, 0.25) is 0 Å². The highest BCUT2D eigenvalue weighted by atomic mass is 35.5. The van der Waals surface area contributed by atoms with Crippen molar-refractivity contribution in [1.82, 2.24) is 4.98 Å². The summed E-state index contributed by atoms with van der Waals surface area (Å²) in [5, 5.41) is 0.411. The Morgan fingerprint density at radius 1 is 1.64 bits per heavy atom. The van der Waals surface area contributed by atoms with E-state index in [0.29, 0.717) is 10.8 Å². The van der Waals surface area contributed by atoms with Gasteiger partial charge in [0.05, 0.1) is 5.69 Å². The molecule has 0 spiro atoms. The molecular weight excluding hydrogens is 184 g/mol. The third-order valence-electron chi connectivity index (χ3n) is 1.04. The van der Waals surface area contributed by atoms with E-state index in [-0.39, 0.29) is 15.3 Å². The monoisotopic (exact) mass is 189 g/mol. The first-order chi connectivity index (χ1) is 5.33. The summed E-state index contributed by atoms with van der Waals surface area (Å²) in [6.07, 6.45) is 0. The number of pyridine rings is 1. The molecule has 0 aromatic carbocycles. The van der Waals surface area contributed by atoms with E-state index in [2.05, 4.69) is 9.51 Å². The molecule has 5 heteroatoms. The molecule has 11 heavy (non-hydrogen) atoms. The lowest BCUT2D eigenvalue weighted by atomic mass is 10.4. The topological polar surface area (TPSA) is 39.2 Å². The minimum absolute atomic E-state index is 0.214. The van der Waals surface area contributed by atoms with Crippen LogP contribution < -0.4 is 0 Å². The molecule has 0 unspecified atom stereocenters. The number of rotatable bonds is 3. The van der Waals surface area contributed by atoms with Crippen molar-refractivity contribution in [3.8, 4) is 0 Å². The van der Waals surface area contributed by atoms with Crippen LogP contribution in [-0.2, 0) is 15.7 Å². The van der Waals surface area contributed by atoms with Gasteiger partial charge >= 0.3 is 8.69 Å². The Labute approximate surface area is 70.6 Å². The van der Waals surface area contributed by atoms with Crippen molar-refractivity contribution in [2.24, 2.45) is 0 Å². The van der Waals surface area contributed by atoms with Gasteiger partial charge in [-0.25, -0.2) is 9.55 Å². The van der Waals surface area contributed by atoms with Crippen LogP contribution in [0.5, 0.6) is 0 Å². The number of nitrogens with zero attached hydrogens (tertiary/aromatic N) is 1. The summed E-state index contributed by atoms with van der Waals surface area (Å²) in [5.74, 6) is 0. The summed E-state index contributed by atoms with van der Waals surface area (Å²) >= 11 is 5.58. The SMILES string of the molecule is O=POCc1cccc(Cl)n1. The average molecular weight is 190 g/mol. The van der Waals surface area contributed by atoms with Crippen LogP contribution in [0.2, 0.25) is 5.15 Å². The molecule has 0 amide bonds. The lowest BCUT2D eigenvalue weighted by Gasteiger charge is -1.95. The summed E-state index contributed by atoms with van der Waals surface area (Å²) in [6, 6.07) is 5.17. The van der Waals surface area contributed by atoms with Crippen LogP contribution in [-0.4, -0.2) is 4.98 Å². The quantitative estimate of drug-likeness (QED) is 0.542. The zero-order valence-corrected chi connectivity index (χ0v) is 7.18. The van der Waals surface area contributed by atoms with Crippen LogP contribution in [0, 0.1) is 0 Å². The van der Waals surface area contributed by atoms with Gasteiger partial charge in [-0.1, -0.05) is 17.7 Å². The van der Waals surface area contributed by atoms with Crippen molar-refractivity contribution in [2.45, 2.75) is 6.61 Å². The van der Waals surface area contributed by atoms with Gasteiger partial charge < -0.3 is 0 Å². The maximum atomic E-state index is 9.88. The highest BCUT2D eigenvalue weighted by Gasteiger charge is 1.94. The number of halogens is 1. The molecule has 58 valence electrons. The zero-order chi connectivity index (χ0) is 8.10. The summed E-state index contributed by atoms with van der Waals surface area (Å²) in [7, 11) is -0.342. The second-order valence-corrected chi connectivity index (χ2v) is 2.59. The first-order valence-corrected chi connectivity index (χ1v) is 4.00. The molecule has 0 atom stereocenters. The number of aromatic nitrogens is 1. The Hall–Kier alpha value is -0.500. The number of hydrogen-bond donors (Lipinski definition) is 0. The largest absolute Gasteiger partial charge is 0.327 e. The molecule has 0 bridgehead atoms.